The predicted molar refractivity (Wildman–Crippen MR) is 92.3 cm³/mol. The van der Waals surface area contributed by atoms with Crippen LogP contribution in [0.5, 0.6) is 0 Å². The maximum absolute atomic E-state index is 12.7. The first-order valence-electron chi connectivity index (χ1n) is 8.14. The number of carbonyl (C=O) groups is 1. The molecule has 1 aliphatic carbocycles. The summed E-state index contributed by atoms with van der Waals surface area (Å²) in [4.78, 5) is 18.9. The molecule has 1 saturated carbocycles. The number of benzene rings is 1. The molecule has 7 heteroatoms. The molecule has 0 bridgehead atoms. The standard InChI is InChI=1S/C17H20N4O2.ClH/c1-21(14-7-8-18-10-14)17(22)13-4-2-3-12(9-13)15-19-16(23-20-15)11-5-6-11;/h2-4,9,11,14,18H,5-8,10H2,1H3;1H. The molecular formula is C17H21ClN4O2. The normalized spacial score (nSPS) is 19.8. The van der Waals surface area contributed by atoms with Crippen LogP contribution in [0.2, 0.25) is 0 Å². The van der Waals surface area contributed by atoms with E-state index in [0.29, 0.717) is 23.2 Å². The second kappa shape index (κ2) is 6.91. The van der Waals surface area contributed by atoms with Crippen LogP contribution in [0, 0.1) is 0 Å². The molecule has 6 nitrogen and oxygen atoms in total. The summed E-state index contributed by atoms with van der Waals surface area (Å²) in [5, 5.41) is 7.34. The van der Waals surface area contributed by atoms with Crippen molar-refractivity contribution in [1.82, 2.24) is 20.4 Å². The molecule has 2 aliphatic rings. The van der Waals surface area contributed by atoms with E-state index in [1.54, 1.807) is 0 Å². The molecule has 1 N–H and O–H groups in total. The van der Waals surface area contributed by atoms with E-state index in [2.05, 4.69) is 15.5 Å². The van der Waals surface area contributed by atoms with Crippen LogP contribution in [0.25, 0.3) is 11.4 Å². The van der Waals surface area contributed by atoms with Crippen molar-refractivity contribution in [1.29, 1.82) is 0 Å². The van der Waals surface area contributed by atoms with E-state index in [1.807, 2.05) is 36.2 Å². The highest BCUT2D eigenvalue weighted by molar-refractivity contribution is 5.95. The van der Waals surface area contributed by atoms with E-state index < -0.39 is 0 Å². The van der Waals surface area contributed by atoms with Crippen LogP contribution in [0.4, 0.5) is 0 Å². The van der Waals surface area contributed by atoms with Crippen LogP contribution in [-0.4, -0.2) is 47.1 Å². The lowest BCUT2D eigenvalue weighted by Crippen LogP contribution is -2.38. The van der Waals surface area contributed by atoms with Crippen molar-refractivity contribution in [3.63, 3.8) is 0 Å². The molecule has 1 amide bonds. The average molecular weight is 349 g/mol. The number of carbonyl (C=O) groups excluding carboxylic acids is 1. The molecule has 2 fully saturated rings. The molecular weight excluding hydrogens is 328 g/mol. The van der Waals surface area contributed by atoms with Gasteiger partial charge in [0.1, 0.15) is 0 Å². The van der Waals surface area contributed by atoms with Crippen LogP contribution < -0.4 is 5.32 Å². The first-order chi connectivity index (χ1) is 11.2. The maximum atomic E-state index is 12.7. The van der Waals surface area contributed by atoms with Crippen LogP contribution in [-0.2, 0) is 0 Å². The zero-order valence-corrected chi connectivity index (χ0v) is 14.4. The van der Waals surface area contributed by atoms with E-state index in [0.717, 1.165) is 37.9 Å². The van der Waals surface area contributed by atoms with Crippen molar-refractivity contribution < 1.29 is 9.32 Å². The zero-order chi connectivity index (χ0) is 15.8. The van der Waals surface area contributed by atoms with E-state index in [1.165, 1.54) is 0 Å². The van der Waals surface area contributed by atoms with Gasteiger partial charge in [-0.15, -0.1) is 12.4 Å². The molecule has 0 spiro atoms. The lowest BCUT2D eigenvalue weighted by atomic mass is 10.1. The molecule has 1 saturated heterocycles. The fraction of sp³-hybridized carbons (Fsp3) is 0.471. The van der Waals surface area contributed by atoms with Gasteiger partial charge < -0.3 is 14.7 Å². The second-order valence-corrected chi connectivity index (χ2v) is 6.37. The Morgan fingerprint density at radius 3 is 2.88 bits per heavy atom. The minimum absolute atomic E-state index is 0. The summed E-state index contributed by atoms with van der Waals surface area (Å²) in [6, 6.07) is 7.74. The lowest BCUT2D eigenvalue weighted by molar-refractivity contribution is 0.0744. The van der Waals surface area contributed by atoms with Crippen molar-refractivity contribution in [2.45, 2.75) is 31.2 Å². The first-order valence-corrected chi connectivity index (χ1v) is 8.14. The maximum Gasteiger partial charge on any atom is 0.253 e. The molecule has 128 valence electrons. The minimum Gasteiger partial charge on any atom is -0.339 e. The van der Waals surface area contributed by atoms with Gasteiger partial charge in [-0.25, -0.2) is 0 Å². The fourth-order valence-corrected chi connectivity index (χ4v) is 2.98. The van der Waals surface area contributed by atoms with Gasteiger partial charge >= 0.3 is 0 Å². The molecule has 2 aromatic rings. The Bertz CT molecular complexity index is 723. The summed E-state index contributed by atoms with van der Waals surface area (Å²) in [5.74, 6) is 1.74. The third-order valence-corrected chi connectivity index (χ3v) is 4.64. The lowest BCUT2D eigenvalue weighted by Gasteiger charge is -2.23. The third kappa shape index (κ3) is 3.30. The summed E-state index contributed by atoms with van der Waals surface area (Å²) in [6.45, 7) is 1.83. The van der Waals surface area contributed by atoms with Gasteiger partial charge in [0.25, 0.3) is 5.91 Å². The first kappa shape index (κ1) is 16.9. The Labute approximate surface area is 147 Å². The Kier molecular flexibility index (Phi) is 4.87. The fourth-order valence-electron chi connectivity index (χ4n) is 2.98. The molecule has 1 aliphatic heterocycles. The van der Waals surface area contributed by atoms with Gasteiger partial charge in [-0.2, -0.15) is 4.98 Å². The van der Waals surface area contributed by atoms with Gasteiger partial charge in [0.15, 0.2) is 0 Å². The number of aromatic nitrogens is 2. The number of nitrogens with one attached hydrogen (secondary N) is 1. The molecule has 4 rings (SSSR count). The molecule has 0 radical (unpaired) electrons. The molecule has 1 aromatic heterocycles. The Hall–Kier alpha value is -1.92. The van der Waals surface area contributed by atoms with Crippen LogP contribution in [0.1, 0.15) is 41.4 Å². The number of hydrogen-bond acceptors (Lipinski definition) is 5. The summed E-state index contributed by atoms with van der Waals surface area (Å²) in [5.41, 5.74) is 1.49. The Morgan fingerprint density at radius 1 is 1.33 bits per heavy atom. The van der Waals surface area contributed by atoms with Crippen molar-refractivity contribution >= 4 is 18.3 Å². The minimum atomic E-state index is 0. The number of hydrogen-bond donors (Lipinski definition) is 1. The van der Waals surface area contributed by atoms with E-state index >= 15 is 0 Å². The largest absolute Gasteiger partial charge is 0.339 e. The Morgan fingerprint density at radius 2 is 2.17 bits per heavy atom. The monoisotopic (exact) mass is 348 g/mol. The zero-order valence-electron chi connectivity index (χ0n) is 13.6. The molecule has 1 aromatic carbocycles. The number of likely N-dealkylation sites (N-methyl/N-ethyl adjacent to an activating group) is 1. The molecule has 1 unspecified atom stereocenters. The SMILES string of the molecule is CN(C(=O)c1cccc(-c2noc(C3CC3)n2)c1)C1CCNC1.Cl. The van der Waals surface area contributed by atoms with Gasteiger partial charge in [0.05, 0.1) is 0 Å². The number of halogens is 1. The topological polar surface area (TPSA) is 71.3 Å². The van der Waals surface area contributed by atoms with Crippen molar-refractivity contribution in [3.05, 3.63) is 35.7 Å². The van der Waals surface area contributed by atoms with Gasteiger partial charge in [-0.3, -0.25) is 4.79 Å². The predicted octanol–water partition coefficient (Wildman–Crippen LogP) is 2.47. The number of nitrogens with zero attached hydrogens (tertiary/aromatic N) is 3. The van der Waals surface area contributed by atoms with Crippen LogP contribution >= 0.6 is 12.4 Å². The smallest absolute Gasteiger partial charge is 0.253 e. The van der Waals surface area contributed by atoms with Crippen molar-refractivity contribution in [3.8, 4) is 11.4 Å². The van der Waals surface area contributed by atoms with Gasteiger partial charge in [0.2, 0.25) is 11.7 Å². The highest BCUT2D eigenvalue weighted by atomic mass is 35.5. The molecule has 2 heterocycles. The molecule has 24 heavy (non-hydrogen) atoms. The van der Waals surface area contributed by atoms with E-state index in [9.17, 15) is 4.79 Å². The Balaban J connectivity index is 0.00000169. The van der Waals surface area contributed by atoms with Crippen LogP contribution in [0.3, 0.4) is 0 Å². The van der Waals surface area contributed by atoms with Crippen LogP contribution in [0.15, 0.2) is 28.8 Å². The summed E-state index contributed by atoms with van der Waals surface area (Å²) >= 11 is 0. The highest BCUT2D eigenvalue weighted by Crippen LogP contribution is 2.39. The summed E-state index contributed by atoms with van der Waals surface area (Å²) < 4.78 is 5.31. The summed E-state index contributed by atoms with van der Waals surface area (Å²) in [6.07, 6.45) is 3.25. The summed E-state index contributed by atoms with van der Waals surface area (Å²) in [7, 11) is 1.87. The second-order valence-electron chi connectivity index (χ2n) is 6.37. The van der Waals surface area contributed by atoms with Crippen molar-refractivity contribution in [2.24, 2.45) is 0 Å². The number of rotatable bonds is 4. The third-order valence-electron chi connectivity index (χ3n) is 4.64. The van der Waals surface area contributed by atoms with Crippen molar-refractivity contribution in [2.75, 3.05) is 20.1 Å². The van der Waals surface area contributed by atoms with E-state index in [4.69, 9.17) is 4.52 Å². The van der Waals surface area contributed by atoms with E-state index in [-0.39, 0.29) is 24.4 Å². The van der Waals surface area contributed by atoms with Gasteiger partial charge in [-0.05, 0) is 37.9 Å². The quantitative estimate of drug-likeness (QED) is 0.919. The average Bonchev–Trinajstić information content (AvgIpc) is 3.10. The van der Waals surface area contributed by atoms with Gasteiger partial charge in [0, 0.05) is 36.7 Å². The molecule has 1 atom stereocenters. The number of amides is 1. The highest BCUT2D eigenvalue weighted by Gasteiger charge is 2.30. The van der Waals surface area contributed by atoms with Gasteiger partial charge in [-0.1, -0.05) is 17.3 Å².